The Kier molecular flexibility index (Phi) is 4.32. The fourth-order valence-electron chi connectivity index (χ4n) is 1.94. The summed E-state index contributed by atoms with van der Waals surface area (Å²) >= 11 is 0. The molecule has 110 valence electrons. The average Bonchev–Trinajstić information content (AvgIpc) is 2.37. The number of benzene rings is 1. The van der Waals surface area contributed by atoms with E-state index >= 15 is 0 Å². The van der Waals surface area contributed by atoms with Gasteiger partial charge in [-0.25, -0.2) is 4.98 Å². The average molecular weight is 288 g/mol. The van der Waals surface area contributed by atoms with Crippen LogP contribution >= 0.6 is 0 Å². The minimum atomic E-state index is -0.470. The largest absolute Gasteiger partial charge is 0.432 e. The van der Waals surface area contributed by atoms with Gasteiger partial charge in [0.1, 0.15) is 11.6 Å². The van der Waals surface area contributed by atoms with Crippen molar-refractivity contribution in [3.8, 4) is 11.6 Å². The summed E-state index contributed by atoms with van der Waals surface area (Å²) in [6.07, 6.45) is 1.53. The maximum Gasteiger partial charge on any atom is 0.314 e. The Hall–Kier alpha value is -2.70. The molecule has 0 saturated carbocycles. The van der Waals surface area contributed by atoms with Crippen LogP contribution in [0.5, 0.6) is 11.6 Å². The molecule has 0 aliphatic heterocycles. The molecule has 2 aromatic rings. The van der Waals surface area contributed by atoms with E-state index in [4.69, 9.17) is 10.5 Å². The minimum Gasteiger partial charge on any atom is -0.432 e. The summed E-state index contributed by atoms with van der Waals surface area (Å²) in [6, 6.07) is 6.32. The molecule has 7 nitrogen and oxygen atoms in total. The van der Waals surface area contributed by atoms with Crippen molar-refractivity contribution in [3.63, 3.8) is 0 Å². The van der Waals surface area contributed by atoms with Crippen molar-refractivity contribution < 1.29 is 9.66 Å². The second-order valence-corrected chi connectivity index (χ2v) is 4.58. The summed E-state index contributed by atoms with van der Waals surface area (Å²) in [4.78, 5) is 19.0. The monoisotopic (exact) mass is 288 g/mol. The third kappa shape index (κ3) is 3.44. The molecule has 0 aliphatic rings. The number of nitro benzene ring substituents is 1. The predicted octanol–water partition coefficient (Wildman–Crippen LogP) is 3.02. The molecule has 1 aromatic heterocycles. The van der Waals surface area contributed by atoms with Crippen LogP contribution in [-0.4, -0.2) is 14.9 Å². The van der Waals surface area contributed by atoms with Crippen LogP contribution in [0, 0.1) is 17.0 Å². The van der Waals surface area contributed by atoms with E-state index in [1.165, 1.54) is 12.1 Å². The number of hydrogen-bond acceptors (Lipinski definition) is 6. The molecule has 2 rings (SSSR count). The number of rotatable bonds is 5. The topological polar surface area (TPSA) is 104 Å². The van der Waals surface area contributed by atoms with E-state index in [1.807, 2.05) is 6.92 Å². The second kappa shape index (κ2) is 6.17. The van der Waals surface area contributed by atoms with Crippen molar-refractivity contribution in [2.45, 2.75) is 26.7 Å². The van der Waals surface area contributed by atoms with Gasteiger partial charge in [-0.15, -0.1) is 0 Å². The number of nitrogens with zero attached hydrogens (tertiary/aromatic N) is 3. The Morgan fingerprint density at radius 2 is 2.14 bits per heavy atom. The quantitative estimate of drug-likeness (QED) is 0.669. The molecular weight excluding hydrogens is 272 g/mol. The van der Waals surface area contributed by atoms with E-state index in [2.05, 4.69) is 9.97 Å². The molecule has 0 aliphatic carbocycles. The van der Waals surface area contributed by atoms with Crippen molar-refractivity contribution in [2.24, 2.45) is 0 Å². The lowest BCUT2D eigenvalue weighted by molar-refractivity contribution is -0.386. The first-order valence-electron chi connectivity index (χ1n) is 6.56. The molecule has 2 N–H and O–H groups in total. The maximum absolute atomic E-state index is 11.1. The maximum atomic E-state index is 11.1. The molecule has 0 radical (unpaired) electrons. The zero-order valence-electron chi connectivity index (χ0n) is 11.9. The number of hydrogen-bond donors (Lipinski definition) is 1. The lowest BCUT2D eigenvalue weighted by Crippen LogP contribution is -2.02. The van der Waals surface area contributed by atoms with Crippen LogP contribution in [0.25, 0.3) is 0 Å². The lowest BCUT2D eigenvalue weighted by Gasteiger charge is -2.08. The molecule has 0 saturated heterocycles. The lowest BCUT2D eigenvalue weighted by atomic mass is 10.2. The van der Waals surface area contributed by atoms with Crippen molar-refractivity contribution in [3.05, 3.63) is 45.8 Å². The molecule has 21 heavy (non-hydrogen) atoms. The van der Waals surface area contributed by atoms with Crippen LogP contribution in [-0.2, 0) is 6.42 Å². The molecule has 0 bridgehead atoms. The zero-order chi connectivity index (χ0) is 15.4. The third-order valence-electron chi connectivity index (χ3n) is 2.84. The van der Waals surface area contributed by atoms with Gasteiger partial charge in [0, 0.05) is 18.1 Å². The normalized spacial score (nSPS) is 10.4. The number of para-hydroxylation sites is 1. The van der Waals surface area contributed by atoms with Crippen LogP contribution in [0.3, 0.4) is 0 Å². The van der Waals surface area contributed by atoms with Crippen LogP contribution < -0.4 is 10.5 Å². The highest BCUT2D eigenvalue weighted by Gasteiger charge is 2.19. The van der Waals surface area contributed by atoms with Gasteiger partial charge in [-0.05, 0) is 19.4 Å². The third-order valence-corrected chi connectivity index (χ3v) is 2.84. The number of anilines is 1. The number of aryl methyl sites for hydroxylation is 2. The molecule has 0 spiro atoms. The van der Waals surface area contributed by atoms with Crippen molar-refractivity contribution in [2.75, 3.05) is 5.73 Å². The van der Waals surface area contributed by atoms with Gasteiger partial charge in [0.05, 0.1) is 4.92 Å². The zero-order valence-corrected chi connectivity index (χ0v) is 11.9. The van der Waals surface area contributed by atoms with E-state index in [-0.39, 0.29) is 23.1 Å². The number of aromatic nitrogens is 2. The van der Waals surface area contributed by atoms with Gasteiger partial charge in [0.25, 0.3) is 0 Å². The Morgan fingerprint density at radius 1 is 1.38 bits per heavy atom. The summed E-state index contributed by atoms with van der Waals surface area (Å²) in [5.41, 5.74) is 6.15. The summed E-state index contributed by atoms with van der Waals surface area (Å²) in [6.45, 7) is 3.65. The van der Waals surface area contributed by atoms with E-state index in [9.17, 15) is 10.1 Å². The number of nitrogens with two attached hydrogens (primary N) is 1. The van der Waals surface area contributed by atoms with Crippen LogP contribution in [0.1, 0.15) is 24.7 Å². The van der Waals surface area contributed by atoms with Crippen molar-refractivity contribution in [1.82, 2.24) is 9.97 Å². The van der Waals surface area contributed by atoms with Gasteiger partial charge in [0.2, 0.25) is 11.6 Å². The number of nitrogen functional groups attached to an aromatic ring is 1. The Labute approximate surface area is 121 Å². The fourth-order valence-corrected chi connectivity index (χ4v) is 1.94. The molecule has 0 unspecified atom stereocenters. The summed E-state index contributed by atoms with van der Waals surface area (Å²) in [5, 5.41) is 11.1. The highest BCUT2D eigenvalue weighted by Crippen LogP contribution is 2.33. The molecule has 7 heteroatoms. The standard InChI is InChI=1S/C14H16N4O3/c1-3-5-12-16-11(15)8-13(17-12)21-10-7-4-6-9(2)14(10)18(19)20/h4,6-8H,3,5H2,1-2H3,(H2,15,16,17). The van der Waals surface area contributed by atoms with Gasteiger partial charge < -0.3 is 10.5 Å². The molecular formula is C14H16N4O3. The van der Waals surface area contributed by atoms with E-state index < -0.39 is 4.92 Å². The van der Waals surface area contributed by atoms with Crippen LogP contribution in [0.15, 0.2) is 24.3 Å². The van der Waals surface area contributed by atoms with Gasteiger partial charge in [-0.2, -0.15) is 4.98 Å². The highest BCUT2D eigenvalue weighted by molar-refractivity contribution is 5.53. The summed E-state index contributed by atoms with van der Waals surface area (Å²) < 4.78 is 5.55. The predicted molar refractivity (Wildman–Crippen MR) is 78.3 cm³/mol. The minimum absolute atomic E-state index is 0.0771. The summed E-state index contributed by atoms with van der Waals surface area (Å²) in [7, 11) is 0. The van der Waals surface area contributed by atoms with Crippen molar-refractivity contribution in [1.29, 1.82) is 0 Å². The van der Waals surface area contributed by atoms with E-state index in [0.717, 1.165) is 6.42 Å². The summed E-state index contributed by atoms with van der Waals surface area (Å²) in [5.74, 6) is 1.18. The van der Waals surface area contributed by atoms with Crippen LogP contribution in [0.4, 0.5) is 11.5 Å². The molecule has 0 amide bonds. The molecule has 0 fully saturated rings. The van der Waals surface area contributed by atoms with Crippen molar-refractivity contribution >= 4 is 11.5 Å². The number of nitro groups is 1. The first-order chi connectivity index (χ1) is 10.0. The van der Waals surface area contributed by atoms with Gasteiger partial charge >= 0.3 is 5.69 Å². The van der Waals surface area contributed by atoms with E-state index in [1.54, 1.807) is 19.1 Å². The Bertz CT molecular complexity index is 673. The highest BCUT2D eigenvalue weighted by atomic mass is 16.6. The molecule has 0 atom stereocenters. The van der Waals surface area contributed by atoms with Gasteiger partial charge in [-0.3, -0.25) is 10.1 Å². The second-order valence-electron chi connectivity index (χ2n) is 4.58. The van der Waals surface area contributed by atoms with Gasteiger partial charge in [-0.1, -0.05) is 19.1 Å². The van der Waals surface area contributed by atoms with Gasteiger partial charge in [0.15, 0.2) is 0 Å². The first kappa shape index (κ1) is 14.7. The van der Waals surface area contributed by atoms with E-state index in [0.29, 0.717) is 17.8 Å². The molecule has 1 aromatic carbocycles. The Balaban J connectivity index is 2.38. The number of ether oxygens (including phenoxy) is 1. The molecule has 1 heterocycles. The smallest absolute Gasteiger partial charge is 0.314 e. The SMILES string of the molecule is CCCc1nc(N)cc(Oc2cccc(C)c2[N+](=O)[O-])n1. The fraction of sp³-hybridized carbons (Fsp3) is 0.286. The van der Waals surface area contributed by atoms with Crippen LogP contribution in [0.2, 0.25) is 0 Å². The first-order valence-corrected chi connectivity index (χ1v) is 6.56. The Morgan fingerprint density at radius 3 is 2.81 bits per heavy atom.